The van der Waals surface area contributed by atoms with Crippen molar-refractivity contribution in [2.45, 2.75) is 18.2 Å². The number of hydrogen-bond acceptors (Lipinski definition) is 4. The molecule has 0 saturated carbocycles. The van der Waals surface area contributed by atoms with Crippen molar-refractivity contribution in [3.63, 3.8) is 0 Å². The molecule has 1 aliphatic heterocycles. The predicted molar refractivity (Wildman–Crippen MR) is 100 cm³/mol. The first kappa shape index (κ1) is 19.8. The SMILES string of the molecule is CCNC(=O)CN1CCCN(S(=O)(=O)c2ccc(Br)cc2Br)CC1. The van der Waals surface area contributed by atoms with Crippen LogP contribution in [0.15, 0.2) is 32.0 Å². The van der Waals surface area contributed by atoms with Crippen molar-refractivity contribution in [1.82, 2.24) is 14.5 Å². The zero-order chi connectivity index (χ0) is 17.7. The number of hydrogen-bond donors (Lipinski definition) is 1. The summed E-state index contributed by atoms with van der Waals surface area (Å²) >= 11 is 6.66. The van der Waals surface area contributed by atoms with Gasteiger partial charge in [0.15, 0.2) is 0 Å². The van der Waals surface area contributed by atoms with Gasteiger partial charge >= 0.3 is 0 Å². The lowest BCUT2D eigenvalue weighted by Gasteiger charge is -2.22. The topological polar surface area (TPSA) is 69.7 Å². The third kappa shape index (κ3) is 5.01. The van der Waals surface area contributed by atoms with Gasteiger partial charge in [-0.2, -0.15) is 4.31 Å². The molecular weight excluding hydrogens is 462 g/mol. The lowest BCUT2D eigenvalue weighted by Crippen LogP contribution is -2.40. The van der Waals surface area contributed by atoms with E-state index in [1.54, 1.807) is 18.2 Å². The highest BCUT2D eigenvalue weighted by molar-refractivity contribution is 9.11. The number of likely N-dealkylation sites (N-methyl/N-ethyl adjacent to an activating group) is 1. The summed E-state index contributed by atoms with van der Waals surface area (Å²) in [6, 6.07) is 5.05. The minimum atomic E-state index is -3.56. The molecule has 6 nitrogen and oxygen atoms in total. The molecule has 1 aromatic rings. The van der Waals surface area contributed by atoms with E-state index in [0.29, 0.717) is 50.2 Å². The summed E-state index contributed by atoms with van der Waals surface area (Å²) in [6.45, 7) is 4.88. The molecule has 0 unspecified atom stereocenters. The van der Waals surface area contributed by atoms with E-state index < -0.39 is 10.0 Å². The summed E-state index contributed by atoms with van der Waals surface area (Å²) in [5, 5.41) is 2.77. The molecule has 0 aliphatic carbocycles. The molecule has 0 radical (unpaired) electrons. The Morgan fingerprint density at radius 2 is 1.96 bits per heavy atom. The summed E-state index contributed by atoms with van der Waals surface area (Å²) in [7, 11) is -3.56. The number of carbonyl (C=O) groups is 1. The van der Waals surface area contributed by atoms with Gasteiger partial charge in [-0.05, 0) is 54.0 Å². The first-order valence-corrected chi connectivity index (χ1v) is 10.8. The Morgan fingerprint density at radius 3 is 2.62 bits per heavy atom. The van der Waals surface area contributed by atoms with E-state index in [2.05, 4.69) is 37.2 Å². The maximum atomic E-state index is 12.9. The molecule has 0 spiro atoms. The van der Waals surface area contributed by atoms with Gasteiger partial charge in [-0.25, -0.2) is 8.42 Å². The summed E-state index contributed by atoms with van der Waals surface area (Å²) in [5.74, 6) is -0.0236. The molecule has 24 heavy (non-hydrogen) atoms. The number of rotatable bonds is 5. The van der Waals surface area contributed by atoms with Gasteiger partial charge in [0.25, 0.3) is 0 Å². The summed E-state index contributed by atoms with van der Waals surface area (Å²) in [5.41, 5.74) is 0. The normalized spacial score (nSPS) is 17.5. The fourth-order valence-electron chi connectivity index (χ4n) is 2.63. The highest BCUT2D eigenvalue weighted by atomic mass is 79.9. The molecule has 1 N–H and O–H groups in total. The fourth-order valence-corrected chi connectivity index (χ4v) is 5.80. The first-order valence-electron chi connectivity index (χ1n) is 7.79. The average Bonchev–Trinajstić information content (AvgIpc) is 2.73. The molecule has 1 aromatic carbocycles. The zero-order valence-electron chi connectivity index (χ0n) is 13.5. The average molecular weight is 483 g/mol. The maximum Gasteiger partial charge on any atom is 0.244 e. The zero-order valence-corrected chi connectivity index (χ0v) is 17.5. The molecule has 2 rings (SSSR count). The predicted octanol–water partition coefficient (Wildman–Crippen LogP) is 2.04. The third-order valence-corrected chi connectivity index (χ3v) is 7.17. The molecule has 0 bridgehead atoms. The van der Waals surface area contributed by atoms with E-state index in [-0.39, 0.29) is 10.8 Å². The Kier molecular flexibility index (Phi) is 7.23. The van der Waals surface area contributed by atoms with Crippen LogP contribution in [0.4, 0.5) is 0 Å². The van der Waals surface area contributed by atoms with Crippen LogP contribution >= 0.6 is 31.9 Å². The van der Waals surface area contributed by atoms with Crippen molar-refractivity contribution < 1.29 is 13.2 Å². The van der Waals surface area contributed by atoms with Crippen LogP contribution in [0.25, 0.3) is 0 Å². The first-order chi connectivity index (χ1) is 11.3. The maximum absolute atomic E-state index is 12.9. The fraction of sp³-hybridized carbons (Fsp3) is 0.533. The second kappa shape index (κ2) is 8.75. The number of sulfonamides is 1. The number of benzene rings is 1. The minimum absolute atomic E-state index is 0.0236. The van der Waals surface area contributed by atoms with E-state index in [1.165, 1.54) is 4.31 Å². The molecule has 1 heterocycles. The minimum Gasteiger partial charge on any atom is -0.355 e. The molecular formula is C15H21Br2N3O3S. The number of carbonyl (C=O) groups excluding carboxylic acids is 1. The van der Waals surface area contributed by atoms with E-state index in [4.69, 9.17) is 0 Å². The lowest BCUT2D eigenvalue weighted by molar-refractivity contribution is -0.122. The third-order valence-electron chi connectivity index (χ3n) is 3.80. The second-order valence-corrected chi connectivity index (χ2v) is 9.24. The largest absolute Gasteiger partial charge is 0.355 e. The van der Waals surface area contributed by atoms with Crippen LogP contribution < -0.4 is 5.32 Å². The van der Waals surface area contributed by atoms with Gasteiger partial charge in [0.05, 0.1) is 11.4 Å². The highest BCUT2D eigenvalue weighted by Gasteiger charge is 2.28. The monoisotopic (exact) mass is 481 g/mol. The lowest BCUT2D eigenvalue weighted by atomic mass is 10.4. The van der Waals surface area contributed by atoms with Crippen molar-refractivity contribution in [2.75, 3.05) is 39.3 Å². The molecule has 134 valence electrons. The Morgan fingerprint density at radius 1 is 1.21 bits per heavy atom. The van der Waals surface area contributed by atoms with E-state index in [0.717, 1.165) is 4.47 Å². The summed E-state index contributed by atoms with van der Waals surface area (Å²) in [4.78, 5) is 14.0. The van der Waals surface area contributed by atoms with Gasteiger partial charge in [0.1, 0.15) is 0 Å². The highest BCUT2D eigenvalue weighted by Crippen LogP contribution is 2.28. The van der Waals surface area contributed by atoms with Gasteiger partial charge in [-0.15, -0.1) is 0 Å². The van der Waals surface area contributed by atoms with Gasteiger partial charge in [0.2, 0.25) is 15.9 Å². The molecule has 9 heteroatoms. The van der Waals surface area contributed by atoms with E-state index >= 15 is 0 Å². The van der Waals surface area contributed by atoms with Crippen LogP contribution in [0.1, 0.15) is 13.3 Å². The smallest absolute Gasteiger partial charge is 0.244 e. The van der Waals surface area contributed by atoms with Crippen molar-refractivity contribution in [3.8, 4) is 0 Å². The van der Waals surface area contributed by atoms with Crippen LogP contribution in [0.5, 0.6) is 0 Å². The second-order valence-electron chi connectivity index (χ2n) is 5.56. The standard InChI is InChI=1S/C15H21Br2N3O3S/c1-2-18-15(21)11-19-6-3-7-20(9-8-19)24(22,23)14-5-4-12(16)10-13(14)17/h4-5,10H,2-3,6-9,11H2,1H3,(H,18,21). The molecule has 1 saturated heterocycles. The molecule has 1 fully saturated rings. The molecule has 1 amide bonds. The number of nitrogens with one attached hydrogen (secondary N) is 1. The summed E-state index contributed by atoms with van der Waals surface area (Å²) in [6.07, 6.45) is 0.701. The Labute approximate surface area is 159 Å². The van der Waals surface area contributed by atoms with Gasteiger partial charge in [-0.3, -0.25) is 9.69 Å². The van der Waals surface area contributed by atoms with Crippen LogP contribution in [0.2, 0.25) is 0 Å². The van der Waals surface area contributed by atoms with Gasteiger partial charge in [-0.1, -0.05) is 15.9 Å². The van der Waals surface area contributed by atoms with Crippen molar-refractivity contribution in [2.24, 2.45) is 0 Å². The van der Waals surface area contributed by atoms with Crippen LogP contribution in [-0.4, -0.2) is 62.8 Å². The Hall–Kier alpha value is -0.480. The van der Waals surface area contributed by atoms with Crippen molar-refractivity contribution >= 4 is 47.8 Å². The molecule has 0 aromatic heterocycles. The quantitative estimate of drug-likeness (QED) is 0.697. The van der Waals surface area contributed by atoms with Crippen LogP contribution in [-0.2, 0) is 14.8 Å². The van der Waals surface area contributed by atoms with E-state index in [9.17, 15) is 13.2 Å². The number of halogens is 2. The van der Waals surface area contributed by atoms with Crippen molar-refractivity contribution in [1.29, 1.82) is 0 Å². The molecule has 1 aliphatic rings. The Balaban J connectivity index is 2.08. The van der Waals surface area contributed by atoms with Gasteiger partial charge in [0, 0.05) is 35.1 Å². The number of nitrogens with zero attached hydrogens (tertiary/aromatic N) is 2. The summed E-state index contributed by atoms with van der Waals surface area (Å²) < 4.78 is 28.6. The Bertz CT molecular complexity index is 697. The van der Waals surface area contributed by atoms with E-state index in [1.807, 2.05) is 11.8 Å². The number of amides is 1. The van der Waals surface area contributed by atoms with Crippen molar-refractivity contribution in [3.05, 3.63) is 27.1 Å². The van der Waals surface area contributed by atoms with Crippen LogP contribution in [0.3, 0.4) is 0 Å². The van der Waals surface area contributed by atoms with Gasteiger partial charge < -0.3 is 5.32 Å². The van der Waals surface area contributed by atoms with Crippen LogP contribution in [0, 0.1) is 0 Å². The molecule has 0 atom stereocenters.